The number of hydrogen-bond donors (Lipinski definition) is 1. The minimum Gasteiger partial charge on any atom is -0.387 e. The molecule has 0 heterocycles. The normalized spacial score (nSPS) is 12.0. The fourth-order valence-electron chi connectivity index (χ4n) is 0.433. The Kier molecular flexibility index (Phi) is 5.21. The second kappa shape index (κ2) is 5.56. The van der Waals surface area contributed by atoms with Crippen LogP contribution >= 0.6 is 0 Å². The van der Waals surface area contributed by atoms with Gasteiger partial charge < -0.3 is 10.5 Å². The molecule has 0 bridgehead atoms. The maximum absolute atomic E-state index is 5.38. The molecule has 0 aliphatic rings. The lowest BCUT2D eigenvalue weighted by Gasteiger charge is -1.98. The highest BCUT2D eigenvalue weighted by atomic mass is 16.5. The first kappa shape index (κ1) is 8.43. The summed E-state index contributed by atoms with van der Waals surface area (Å²) in [4.78, 5) is 3.77. The summed E-state index contributed by atoms with van der Waals surface area (Å²) in [6.07, 6.45) is 0.740. The lowest BCUT2D eigenvalue weighted by molar-refractivity contribution is 0.155. The molecule has 0 atom stereocenters. The first-order valence-electron chi connectivity index (χ1n) is 3.10. The molecule has 0 fully saturated rings. The van der Waals surface area contributed by atoms with Crippen LogP contribution in [-0.2, 0) is 4.74 Å². The first-order chi connectivity index (χ1) is 4.31. The fourth-order valence-corrected chi connectivity index (χ4v) is 0.433. The Morgan fingerprint density at radius 1 is 1.67 bits per heavy atom. The summed E-state index contributed by atoms with van der Waals surface area (Å²) in [6.45, 7) is 3.38. The smallest absolute Gasteiger partial charge is 0.0956 e. The van der Waals surface area contributed by atoms with Crippen molar-refractivity contribution in [2.24, 2.45) is 10.7 Å². The summed E-state index contributed by atoms with van der Waals surface area (Å²) >= 11 is 0. The van der Waals surface area contributed by atoms with E-state index in [1.54, 1.807) is 7.05 Å². The fraction of sp³-hybridized carbons (Fsp3) is 0.833. The molecule has 3 nitrogen and oxygen atoms in total. The van der Waals surface area contributed by atoms with E-state index in [4.69, 9.17) is 10.5 Å². The Morgan fingerprint density at radius 2 is 2.33 bits per heavy atom. The molecule has 0 aromatic heterocycles. The third kappa shape index (κ3) is 5.30. The zero-order chi connectivity index (χ0) is 7.11. The summed E-state index contributed by atoms with van der Waals surface area (Å²) in [5.41, 5.74) is 5.38. The lowest BCUT2D eigenvalue weighted by atomic mass is 10.4. The Balaban J connectivity index is 3.07. The van der Waals surface area contributed by atoms with Crippen molar-refractivity contribution < 1.29 is 4.74 Å². The van der Waals surface area contributed by atoms with Crippen LogP contribution in [-0.4, -0.2) is 26.1 Å². The molecule has 0 saturated carbocycles. The Hall–Kier alpha value is -0.570. The van der Waals surface area contributed by atoms with Crippen molar-refractivity contribution in [1.29, 1.82) is 0 Å². The Morgan fingerprint density at radius 3 is 2.78 bits per heavy atom. The zero-order valence-corrected chi connectivity index (χ0v) is 6.05. The van der Waals surface area contributed by atoms with Gasteiger partial charge in [0.25, 0.3) is 0 Å². The van der Waals surface area contributed by atoms with E-state index in [2.05, 4.69) is 4.99 Å². The van der Waals surface area contributed by atoms with Gasteiger partial charge in [-0.25, -0.2) is 0 Å². The number of rotatable bonds is 4. The zero-order valence-electron chi connectivity index (χ0n) is 6.05. The minimum absolute atomic E-state index is 0.656. The molecule has 0 unspecified atom stereocenters. The maximum atomic E-state index is 5.38. The number of nitrogens with zero attached hydrogens (tertiary/aromatic N) is 1. The van der Waals surface area contributed by atoms with E-state index in [9.17, 15) is 0 Å². The van der Waals surface area contributed by atoms with Crippen molar-refractivity contribution in [3.8, 4) is 0 Å². The van der Waals surface area contributed by atoms with E-state index in [1.165, 1.54) is 0 Å². The molecule has 0 rings (SSSR count). The summed E-state index contributed by atoms with van der Waals surface area (Å²) in [5.74, 6) is 0.656. The summed E-state index contributed by atoms with van der Waals surface area (Å²) in [7, 11) is 1.68. The highest BCUT2D eigenvalue weighted by Crippen LogP contribution is 1.81. The maximum Gasteiger partial charge on any atom is 0.0956 e. The highest BCUT2D eigenvalue weighted by molar-refractivity contribution is 5.80. The van der Waals surface area contributed by atoms with Gasteiger partial charge in [-0.15, -0.1) is 0 Å². The molecule has 0 spiro atoms. The highest BCUT2D eigenvalue weighted by Gasteiger charge is 1.88. The lowest BCUT2D eigenvalue weighted by Crippen LogP contribution is -2.14. The summed E-state index contributed by atoms with van der Waals surface area (Å²) in [5, 5.41) is 0. The molecule has 0 amide bonds. The largest absolute Gasteiger partial charge is 0.387 e. The van der Waals surface area contributed by atoms with Crippen molar-refractivity contribution in [2.75, 3.05) is 20.3 Å². The van der Waals surface area contributed by atoms with Crippen LogP contribution in [0, 0.1) is 0 Å². The third-order valence-electron chi connectivity index (χ3n) is 0.994. The van der Waals surface area contributed by atoms with E-state index in [0.717, 1.165) is 13.0 Å². The van der Waals surface area contributed by atoms with Crippen LogP contribution < -0.4 is 5.73 Å². The predicted molar refractivity (Wildman–Crippen MR) is 38.7 cm³/mol. The van der Waals surface area contributed by atoms with Gasteiger partial charge in [0.1, 0.15) is 0 Å². The molecule has 3 heteroatoms. The van der Waals surface area contributed by atoms with Gasteiger partial charge in [-0.2, -0.15) is 0 Å². The van der Waals surface area contributed by atoms with Crippen LogP contribution in [0.15, 0.2) is 4.99 Å². The topological polar surface area (TPSA) is 47.6 Å². The van der Waals surface area contributed by atoms with Gasteiger partial charge in [0.15, 0.2) is 0 Å². The number of aliphatic imine (C=N–C) groups is 1. The average molecular weight is 130 g/mol. The third-order valence-corrected chi connectivity index (χ3v) is 0.994. The van der Waals surface area contributed by atoms with Crippen LogP contribution in [0.1, 0.15) is 13.3 Å². The monoisotopic (exact) mass is 130 g/mol. The molecule has 54 valence electrons. The molecule has 0 radical (unpaired) electrons. The predicted octanol–water partition coefficient (Wildman–Crippen LogP) is 0.400. The van der Waals surface area contributed by atoms with Crippen LogP contribution in [0.4, 0.5) is 0 Å². The van der Waals surface area contributed by atoms with Gasteiger partial charge in [0, 0.05) is 20.1 Å². The van der Waals surface area contributed by atoms with E-state index < -0.39 is 0 Å². The van der Waals surface area contributed by atoms with Gasteiger partial charge in [0.2, 0.25) is 0 Å². The van der Waals surface area contributed by atoms with E-state index >= 15 is 0 Å². The Labute approximate surface area is 55.9 Å². The van der Waals surface area contributed by atoms with Crippen LogP contribution in [0.25, 0.3) is 0 Å². The SMILES string of the molecule is CCOCCC(N)=NC. The second-order valence-electron chi connectivity index (χ2n) is 1.66. The van der Waals surface area contributed by atoms with Crippen molar-refractivity contribution in [3.05, 3.63) is 0 Å². The van der Waals surface area contributed by atoms with Crippen LogP contribution in [0.3, 0.4) is 0 Å². The van der Waals surface area contributed by atoms with Crippen molar-refractivity contribution >= 4 is 5.84 Å². The quantitative estimate of drug-likeness (QED) is 0.340. The Bertz CT molecular complexity index is 91.1. The van der Waals surface area contributed by atoms with Crippen LogP contribution in [0.2, 0.25) is 0 Å². The average Bonchev–Trinajstić information content (AvgIpc) is 1.89. The van der Waals surface area contributed by atoms with Gasteiger partial charge in [-0.3, -0.25) is 4.99 Å². The van der Waals surface area contributed by atoms with E-state index in [1.807, 2.05) is 6.92 Å². The standard InChI is InChI=1S/C6H14N2O/c1-3-9-5-4-6(7)8-2/h3-5H2,1-2H3,(H2,7,8). The molecule has 0 saturated heterocycles. The van der Waals surface area contributed by atoms with Gasteiger partial charge >= 0.3 is 0 Å². The molecule has 0 aromatic rings. The number of amidine groups is 1. The molecule has 9 heavy (non-hydrogen) atoms. The van der Waals surface area contributed by atoms with Gasteiger partial charge in [0.05, 0.1) is 12.4 Å². The van der Waals surface area contributed by atoms with Crippen molar-refractivity contribution in [2.45, 2.75) is 13.3 Å². The van der Waals surface area contributed by atoms with Crippen molar-refractivity contribution in [3.63, 3.8) is 0 Å². The molecule has 0 aliphatic heterocycles. The molecular weight excluding hydrogens is 116 g/mol. The van der Waals surface area contributed by atoms with Crippen molar-refractivity contribution in [1.82, 2.24) is 0 Å². The molecule has 0 aliphatic carbocycles. The molecule has 0 aromatic carbocycles. The second-order valence-corrected chi connectivity index (χ2v) is 1.66. The van der Waals surface area contributed by atoms with Gasteiger partial charge in [-0.1, -0.05) is 0 Å². The number of nitrogens with two attached hydrogens (primary N) is 1. The summed E-state index contributed by atoms with van der Waals surface area (Å²) in [6, 6.07) is 0. The van der Waals surface area contributed by atoms with Crippen LogP contribution in [0.5, 0.6) is 0 Å². The number of hydrogen-bond acceptors (Lipinski definition) is 2. The minimum atomic E-state index is 0.656. The van der Waals surface area contributed by atoms with E-state index in [-0.39, 0.29) is 0 Å². The van der Waals surface area contributed by atoms with E-state index in [0.29, 0.717) is 12.4 Å². The summed E-state index contributed by atoms with van der Waals surface area (Å²) < 4.78 is 5.05. The number of ether oxygens (including phenoxy) is 1. The molecular formula is C6H14N2O. The first-order valence-corrected chi connectivity index (χ1v) is 3.10. The molecule has 2 N–H and O–H groups in total. The van der Waals surface area contributed by atoms with Gasteiger partial charge in [-0.05, 0) is 6.92 Å².